The summed E-state index contributed by atoms with van der Waals surface area (Å²) in [5.41, 5.74) is 2.53. The standard InChI is InChI=1S/C22H25Cl2N3S2/c1-25(2)17-6-4-16(5-7-17)22-26(14-20-18(23)8-12-28-20)10-3-11-27(22)15-21-19(24)9-13-29-21/h4-9,12-13,22H,3,10-11,14-15H2,1-2H3. The van der Waals surface area contributed by atoms with Crippen LogP contribution in [0.4, 0.5) is 5.69 Å². The van der Waals surface area contributed by atoms with E-state index in [1.807, 2.05) is 12.1 Å². The molecule has 7 heteroatoms. The van der Waals surface area contributed by atoms with Crippen LogP contribution in [0.15, 0.2) is 47.2 Å². The number of hydrogen-bond acceptors (Lipinski definition) is 5. The smallest absolute Gasteiger partial charge is 0.0892 e. The molecule has 1 aliphatic rings. The van der Waals surface area contributed by atoms with Crippen molar-refractivity contribution in [2.24, 2.45) is 0 Å². The van der Waals surface area contributed by atoms with Crippen molar-refractivity contribution in [3.63, 3.8) is 0 Å². The minimum atomic E-state index is 0.205. The van der Waals surface area contributed by atoms with E-state index in [0.29, 0.717) is 0 Å². The summed E-state index contributed by atoms with van der Waals surface area (Å²) in [6.07, 6.45) is 1.34. The fourth-order valence-corrected chi connectivity index (χ4v) is 6.14. The molecule has 154 valence electrons. The minimum Gasteiger partial charge on any atom is -0.378 e. The van der Waals surface area contributed by atoms with E-state index in [1.54, 1.807) is 22.7 Å². The molecule has 0 atom stereocenters. The molecule has 3 aromatic rings. The molecule has 4 rings (SSSR count). The molecular formula is C22H25Cl2N3S2. The predicted molar refractivity (Wildman–Crippen MR) is 128 cm³/mol. The fourth-order valence-electron chi connectivity index (χ4n) is 3.89. The molecule has 29 heavy (non-hydrogen) atoms. The van der Waals surface area contributed by atoms with Crippen LogP contribution in [0, 0.1) is 0 Å². The molecule has 1 aromatic carbocycles. The zero-order chi connectivity index (χ0) is 20.4. The summed E-state index contributed by atoms with van der Waals surface area (Å²) in [6.45, 7) is 3.85. The second kappa shape index (κ2) is 9.38. The van der Waals surface area contributed by atoms with Crippen LogP contribution >= 0.6 is 45.9 Å². The van der Waals surface area contributed by atoms with Gasteiger partial charge in [0.2, 0.25) is 0 Å². The summed E-state index contributed by atoms with van der Waals surface area (Å²) < 4.78 is 0. The number of rotatable bonds is 6. The normalized spacial score (nSPS) is 16.4. The van der Waals surface area contributed by atoms with Crippen molar-refractivity contribution in [1.82, 2.24) is 9.80 Å². The van der Waals surface area contributed by atoms with Crippen molar-refractivity contribution >= 4 is 51.6 Å². The van der Waals surface area contributed by atoms with Crippen LogP contribution in [-0.2, 0) is 13.1 Å². The molecule has 3 nitrogen and oxygen atoms in total. The Labute approximate surface area is 191 Å². The van der Waals surface area contributed by atoms with Crippen molar-refractivity contribution in [1.29, 1.82) is 0 Å². The average Bonchev–Trinajstić information content (AvgIpc) is 3.30. The van der Waals surface area contributed by atoms with Crippen LogP contribution in [-0.4, -0.2) is 37.0 Å². The fraction of sp³-hybridized carbons (Fsp3) is 0.364. The van der Waals surface area contributed by atoms with Crippen LogP contribution in [0.2, 0.25) is 10.0 Å². The Morgan fingerprint density at radius 1 is 0.862 bits per heavy atom. The van der Waals surface area contributed by atoms with Gasteiger partial charge < -0.3 is 4.90 Å². The molecule has 0 bridgehead atoms. The molecule has 1 saturated heterocycles. The zero-order valence-corrected chi connectivity index (χ0v) is 19.8. The Kier molecular flexibility index (Phi) is 6.84. The first-order valence-electron chi connectivity index (χ1n) is 9.72. The highest BCUT2D eigenvalue weighted by molar-refractivity contribution is 7.10. The lowest BCUT2D eigenvalue weighted by molar-refractivity contribution is -0.00785. The summed E-state index contributed by atoms with van der Waals surface area (Å²) >= 11 is 16.3. The van der Waals surface area contributed by atoms with Crippen LogP contribution in [0.1, 0.15) is 27.9 Å². The molecule has 0 spiro atoms. The molecule has 0 amide bonds. The Bertz CT molecular complexity index is 885. The van der Waals surface area contributed by atoms with E-state index in [0.717, 1.165) is 42.6 Å². The second-order valence-corrected chi connectivity index (χ2v) is 10.4. The Morgan fingerprint density at radius 3 is 1.79 bits per heavy atom. The Hall–Kier alpha value is -1.08. The number of nitrogens with zero attached hydrogens (tertiary/aromatic N) is 3. The van der Waals surface area contributed by atoms with Crippen LogP contribution in [0.3, 0.4) is 0 Å². The van der Waals surface area contributed by atoms with E-state index in [2.05, 4.69) is 63.8 Å². The predicted octanol–water partition coefficient (Wildman–Crippen LogP) is 6.59. The van der Waals surface area contributed by atoms with E-state index in [9.17, 15) is 0 Å². The molecule has 3 heterocycles. The number of halogens is 2. The first-order chi connectivity index (χ1) is 14.0. The van der Waals surface area contributed by atoms with E-state index in [1.165, 1.54) is 21.0 Å². The van der Waals surface area contributed by atoms with Gasteiger partial charge >= 0.3 is 0 Å². The highest BCUT2D eigenvalue weighted by Gasteiger charge is 2.32. The monoisotopic (exact) mass is 465 g/mol. The van der Waals surface area contributed by atoms with E-state index in [-0.39, 0.29) is 6.17 Å². The van der Waals surface area contributed by atoms with Crippen LogP contribution < -0.4 is 4.90 Å². The SMILES string of the molecule is CN(C)c1ccc(C2N(Cc3sccc3Cl)CCCN2Cc2sccc2Cl)cc1. The van der Waals surface area contributed by atoms with Gasteiger partial charge in [0.1, 0.15) is 0 Å². The highest BCUT2D eigenvalue weighted by atomic mass is 35.5. The largest absolute Gasteiger partial charge is 0.378 e. The van der Waals surface area contributed by atoms with Crippen molar-refractivity contribution in [2.45, 2.75) is 25.7 Å². The maximum atomic E-state index is 6.43. The quantitative estimate of drug-likeness (QED) is 0.406. The van der Waals surface area contributed by atoms with Gasteiger partial charge in [-0.05, 0) is 47.0 Å². The Balaban J connectivity index is 1.65. The van der Waals surface area contributed by atoms with E-state index >= 15 is 0 Å². The lowest BCUT2D eigenvalue weighted by Gasteiger charge is -2.44. The van der Waals surface area contributed by atoms with Gasteiger partial charge in [0.15, 0.2) is 0 Å². The average molecular weight is 467 g/mol. The lowest BCUT2D eigenvalue weighted by atomic mass is 10.1. The second-order valence-electron chi connectivity index (χ2n) is 7.54. The summed E-state index contributed by atoms with van der Waals surface area (Å²) in [7, 11) is 4.15. The molecule has 1 fully saturated rings. The molecular weight excluding hydrogens is 441 g/mol. The van der Waals surface area contributed by atoms with E-state index in [4.69, 9.17) is 23.2 Å². The maximum Gasteiger partial charge on any atom is 0.0892 e. The molecule has 2 aromatic heterocycles. The third-order valence-corrected chi connectivity index (χ3v) is 8.11. The molecule has 0 unspecified atom stereocenters. The molecule has 1 aliphatic heterocycles. The number of benzene rings is 1. The zero-order valence-electron chi connectivity index (χ0n) is 16.6. The topological polar surface area (TPSA) is 9.72 Å². The van der Waals surface area contributed by atoms with Gasteiger partial charge in [0.25, 0.3) is 0 Å². The lowest BCUT2D eigenvalue weighted by Crippen LogP contribution is -2.46. The molecule has 0 aliphatic carbocycles. The third-order valence-electron chi connectivity index (χ3n) is 5.37. The summed E-state index contributed by atoms with van der Waals surface area (Å²) in [5.74, 6) is 0. The van der Waals surface area contributed by atoms with Crippen molar-refractivity contribution in [3.05, 3.63) is 72.5 Å². The van der Waals surface area contributed by atoms with Crippen LogP contribution in [0.25, 0.3) is 0 Å². The molecule has 0 saturated carbocycles. The van der Waals surface area contributed by atoms with Gasteiger partial charge in [-0.3, -0.25) is 9.80 Å². The minimum absolute atomic E-state index is 0.205. The van der Waals surface area contributed by atoms with E-state index < -0.39 is 0 Å². The highest BCUT2D eigenvalue weighted by Crippen LogP contribution is 2.36. The van der Waals surface area contributed by atoms with Gasteiger partial charge in [0.05, 0.1) is 16.2 Å². The van der Waals surface area contributed by atoms with Gasteiger partial charge in [-0.1, -0.05) is 35.3 Å². The first kappa shape index (κ1) is 21.2. The number of thiophene rings is 2. The molecule has 0 N–H and O–H groups in total. The van der Waals surface area contributed by atoms with Gasteiger partial charge in [-0.15, -0.1) is 22.7 Å². The maximum absolute atomic E-state index is 6.43. The third kappa shape index (κ3) is 4.82. The first-order valence-corrected chi connectivity index (χ1v) is 12.2. The number of anilines is 1. The van der Waals surface area contributed by atoms with Gasteiger partial charge in [-0.25, -0.2) is 0 Å². The van der Waals surface area contributed by atoms with Crippen LogP contribution in [0.5, 0.6) is 0 Å². The van der Waals surface area contributed by atoms with Crippen molar-refractivity contribution < 1.29 is 0 Å². The summed E-state index contributed by atoms with van der Waals surface area (Å²) in [6, 6.07) is 12.9. The summed E-state index contributed by atoms with van der Waals surface area (Å²) in [4.78, 5) is 9.70. The van der Waals surface area contributed by atoms with Crippen molar-refractivity contribution in [3.8, 4) is 0 Å². The van der Waals surface area contributed by atoms with Gasteiger partial charge in [0, 0.05) is 55.7 Å². The molecule has 0 radical (unpaired) electrons. The number of hydrogen-bond donors (Lipinski definition) is 0. The Morgan fingerprint density at radius 2 is 1.38 bits per heavy atom. The van der Waals surface area contributed by atoms with Crippen molar-refractivity contribution in [2.75, 3.05) is 32.1 Å². The summed E-state index contributed by atoms with van der Waals surface area (Å²) in [5, 5.41) is 5.89. The van der Waals surface area contributed by atoms with Gasteiger partial charge in [-0.2, -0.15) is 0 Å².